The van der Waals surface area contributed by atoms with Gasteiger partial charge < -0.3 is 14.5 Å². The Labute approximate surface area is 151 Å². The van der Waals surface area contributed by atoms with Gasteiger partial charge in [0.2, 0.25) is 0 Å². The van der Waals surface area contributed by atoms with E-state index in [9.17, 15) is 4.79 Å². The Kier molecular flexibility index (Phi) is 4.09. The normalized spacial score (nSPS) is 11.0. The maximum atomic E-state index is 12.0. The minimum Gasteiger partial charge on any atom is -0.497 e. The summed E-state index contributed by atoms with van der Waals surface area (Å²) >= 11 is 0. The lowest BCUT2D eigenvalue weighted by molar-refractivity contribution is 0.0526. The molecule has 4 rings (SSSR count). The molecule has 1 aromatic heterocycles. The maximum Gasteiger partial charge on any atom is 0.338 e. The van der Waals surface area contributed by atoms with Crippen molar-refractivity contribution >= 4 is 27.8 Å². The van der Waals surface area contributed by atoms with Crippen LogP contribution in [0.1, 0.15) is 17.3 Å². The summed E-state index contributed by atoms with van der Waals surface area (Å²) in [6.45, 7) is 2.17. The number of nitrogens with one attached hydrogen (secondary N) is 1. The lowest BCUT2D eigenvalue weighted by Gasteiger charge is -2.05. The molecule has 3 aromatic carbocycles. The van der Waals surface area contributed by atoms with Crippen LogP contribution in [-0.2, 0) is 4.74 Å². The van der Waals surface area contributed by atoms with Gasteiger partial charge >= 0.3 is 5.97 Å². The molecule has 1 heterocycles. The number of aromatic nitrogens is 1. The van der Waals surface area contributed by atoms with E-state index in [4.69, 9.17) is 9.47 Å². The molecule has 130 valence electrons. The molecule has 0 aliphatic heterocycles. The van der Waals surface area contributed by atoms with E-state index in [0.717, 1.165) is 38.7 Å². The summed E-state index contributed by atoms with van der Waals surface area (Å²) in [5.74, 6) is 0.528. The van der Waals surface area contributed by atoms with Crippen molar-refractivity contribution in [3.63, 3.8) is 0 Å². The predicted molar refractivity (Wildman–Crippen MR) is 104 cm³/mol. The van der Waals surface area contributed by atoms with Gasteiger partial charge in [-0.2, -0.15) is 0 Å². The number of methoxy groups -OCH3 is 1. The molecule has 0 aliphatic rings. The van der Waals surface area contributed by atoms with Gasteiger partial charge in [-0.1, -0.05) is 36.4 Å². The van der Waals surface area contributed by atoms with Crippen LogP contribution in [0.3, 0.4) is 0 Å². The second-order valence-electron chi connectivity index (χ2n) is 6.06. The Hall–Kier alpha value is -3.27. The van der Waals surface area contributed by atoms with Gasteiger partial charge in [-0.15, -0.1) is 0 Å². The van der Waals surface area contributed by atoms with E-state index < -0.39 is 0 Å². The van der Waals surface area contributed by atoms with Gasteiger partial charge in [0.25, 0.3) is 0 Å². The summed E-state index contributed by atoms with van der Waals surface area (Å²) in [7, 11) is 1.66. The van der Waals surface area contributed by atoms with Gasteiger partial charge in [-0.25, -0.2) is 4.79 Å². The Morgan fingerprint density at radius 2 is 1.81 bits per heavy atom. The van der Waals surface area contributed by atoms with Crippen molar-refractivity contribution in [1.29, 1.82) is 0 Å². The van der Waals surface area contributed by atoms with Crippen LogP contribution >= 0.6 is 0 Å². The highest BCUT2D eigenvalue weighted by Crippen LogP contribution is 2.34. The highest BCUT2D eigenvalue weighted by Gasteiger charge is 2.13. The van der Waals surface area contributed by atoms with Crippen LogP contribution < -0.4 is 4.74 Å². The summed E-state index contributed by atoms with van der Waals surface area (Å²) in [6, 6.07) is 19.9. The van der Waals surface area contributed by atoms with Crippen molar-refractivity contribution in [2.45, 2.75) is 6.92 Å². The number of para-hydroxylation sites is 1. The number of aromatic amines is 1. The second kappa shape index (κ2) is 6.56. The van der Waals surface area contributed by atoms with Crippen LogP contribution in [-0.4, -0.2) is 24.7 Å². The molecule has 4 aromatic rings. The molecule has 4 heteroatoms. The van der Waals surface area contributed by atoms with Crippen molar-refractivity contribution in [1.82, 2.24) is 4.98 Å². The molecule has 4 nitrogen and oxygen atoms in total. The average Bonchev–Trinajstić information content (AvgIpc) is 3.06. The summed E-state index contributed by atoms with van der Waals surface area (Å²) in [4.78, 5) is 15.5. The number of carbonyl (C=O) groups is 1. The number of carbonyl (C=O) groups excluding carboxylic acids is 1. The van der Waals surface area contributed by atoms with E-state index in [1.165, 1.54) is 0 Å². The number of ether oxygens (including phenoxy) is 2. The molecule has 1 N–H and O–H groups in total. The number of rotatable bonds is 4. The lowest BCUT2D eigenvalue weighted by Crippen LogP contribution is -2.03. The van der Waals surface area contributed by atoms with Gasteiger partial charge in [-0.3, -0.25) is 0 Å². The van der Waals surface area contributed by atoms with Gasteiger partial charge in [-0.05, 0) is 36.8 Å². The van der Waals surface area contributed by atoms with Crippen LogP contribution in [0.25, 0.3) is 32.9 Å². The summed E-state index contributed by atoms with van der Waals surface area (Å²) in [5.41, 5.74) is 4.74. The molecule has 0 atom stereocenters. The maximum absolute atomic E-state index is 12.0. The topological polar surface area (TPSA) is 51.3 Å². The van der Waals surface area contributed by atoms with Gasteiger partial charge in [0.05, 0.1) is 24.8 Å². The molecule has 0 saturated carbocycles. The molecule has 0 fully saturated rings. The Morgan fingerprint density at radius 1 is 1.00 bits per heavy atom. The van der Waals surface area contributed by atoms with E-state index in [2.05, 4.69) is 23.2 Å². The third-order valence-electron chi connectivity index (χ3n) is 4.55. The summed E-state index contributed by atoms with van der Waals surface area (Å²) in [6.07, 6.45) is 0. The van der Waals surface area contributed by atoms with Crippen molar-refractivity contribution in [3.05, 3.63) is 66.2 Å². The van der Waals surface area contributed by atoms with Crippen LogP contribution in [0.5, 0.6) is 5.75 Å². The largest absolute Gasteiger partial charge is 0.497 e. The fourth-order valence-electron chi connectivity index (χ4n) is 3.28. The first-order valence-electron chi connectivity index (χ1n) is 8.57. The standard InChI is InChI=1S/C22H19NO3/c1-3-26-22(24)15-9-12-18-19-6-4-5-17(21(19)23-20(18)13-15)14-7-10-16(25-2)11-8-14/h4-13,23H,3H2,1-2H3. The fraction of sp³-hybridized carbons (Fsp3) is 0.136. The molecule has 0 radical (unpaired) electrons. The van der Waals surface area contributed by atoms with Crippen molar-refractivity contribution in [2.24, 2.45) is 0 Å². The number of benzene rings is 3. The zero-order chi connectivity index (χ0) is 18.1. The molecule has 26 heavy (non-hydrogen) atoms. The second-order valence-corrected chi connectivity index (χ2v) is 6.06. The van der Waals surface area contributed by atoms with Gasteiger partial charge in [0.15, 0.2) is 0 Å². The molecular formula is C22H19NO3. The highest BCUT2D eigenvalue weighted by atomic mass is 16.5. The molecular weight excluding hydrogens is 326 g/mol. The van der Waals surface area contributed by atoms with Gasteiger partial charge in [0.1, 0.15) is 5.75 Å². The highest BCUT2D eigenvalue weighted by molar-refractivity contribution is 6.12. The summed E-state index contributed by atoms with van der Waals surface area (Å²) < 4.78 is 10.3. The average molecular weight is 345 g/mol. The van der Waals surface area contributed by atoms with E-state index >= 15 is 0 Å². The zero-order valence-electron chi connectivity index (χ0n) is 14.7. The van der Waals surface area contributed by atoms with Crippen molar-refractivity contribution in [3.8, 4) is 16.9 Å². The Balaban J connectivity index is 1.87. The minimum atomic E-state index is -0.302. The smallest absolute Gasteiger partial charge is 0.338 e. The molecule has 0 amide bonds. The SMILES string of the molecule is CCOC(=O)c1ccc2c(c1)[nH]c1c(-c3ccc(OC)cc3)cccc12. The van der Waals surface area contributed by atoms with E-state index in [-0.39, 0.29) is 5.97 Å². The molecule has 0 unspecified atom stereocenters. The monoisotopic (exact) mass is 345 g/mol. The first-order valence-corrected chi connectivity index (χ1v) is 8.57. The predicted octanol–water partition coefficient (Wildman–Crippen LogP) is 5.17. The van der Waals surface area contributed by atoms with Crippen LogP contribution in [0.2, 0.25) is 0 Å². The van der Waals surface area contributed by atoms with Crippen LogP contribution in [0, 0.1) is 0 Å². The summed E-state index contributed by atoms with van der Waals surface area (Å²) in [5, 5.41) is 2.21. The van der Waals surface area contributed by atoms with Gasteiger partial charge in [0, 0.05) is 21.9 Å². The lowest BCUT2D eigenvalue weighted by atomic mass is 10.0. The first-order chi connectivity index (χ1) is 12.7. The van der Waals surface area contributed by atoms with Crippen molar-refractivity contribution < 1.29 is 14.3 Å². The molecule has 0 aliphatic carbocycles. The fourth-order valence-corrected chi connectivity index (χ4v) is 3.28. The number of hydrogen-bond donors (Lipinski definition) is 1. The van der Waals surface area contributed by atoms with Crippen molar-refractivity contribution in [2.75, 3.05) is 13.7 Å². The van der Waals surface area contributed by atoms with E-state index in [1.54, 1.807) is 14.0 Å². The minimum absolute atomic E-state index is 0.302. The Bertz CT molecular complexity index is 1090. The first kappa shape index (κ1) is 16.2. The van der Waals surface area contributed by atoms with Crippen LogP contribution in [0.15, 0.2) is 60.7 Å². The quantitative estimate of drug-likeness (QED) is 0.519. The third kappa shape index (κ3) is 2.69. The number of hydrogen-bond acceptors (Lipinski definition) is 3. The number of fused-ring (bicyclic) bond motifs is 3. The molecule has 0 saturated heterocycles. The number of esters is 1. The number of H-pyrrole nitrogens is 1. The van der Waals surface area contributed by atoms with E-state index in [0.29, 0.717) is 12.2 Å². The third-order valence-corrected chi connectivity index (χ3v) is 4.55. The Morgan fingerprint density at radius 3 is 2.54 bits per heavy atom. The van der Waals surface area contributed by atoms with E-state index in [1.807, 2.05) is 42.5 Å². The van der Waals surface area contributed by atoms with Crippen LogP contribution in [0.4, 0.5) is 0 Å². The molecule has 0 bridgehead atoms. The molecule has 0 spiro atoms. The zero-order valence-corrected chi connectivity index (χ0v) is 14.7.